The molecular formula is C9H14O4. The van der Waals surface area contributed by atoms with Gasteiger partial charge in [-0.15, -0.1) is 0 Å². The van der Waals surface area contributed by atoms with E-state index in [1.807, 2.05) is 0 Å². The number of carboxylic acids is 1. The molecule has 2 atom stereocenters. The molecule has 1 aliphatic heterocycles. The van der Waals surface area contributed by atoms with Gasteiger partial charge in [0.15, 0.2) is 6.29 Å². The van der Waals surface area contributed by atoms with Gasteiger partial charge in [0, 0.05) is 0 Å². The van der Waals surface area contributed by atoms with Crippen LogP contribution in [0, 0.1) is 11.8 Å². The van der Waals surface area contributed by atoms with Crippen LogP contribution in [0.5, 0.6) is 0 Å². The lowest BCUT2D eigenvalue weighted by atomic mass is 9.80. The monoisotopic (exact) mass is 186 g/mol. The van der Waals surface area contributed by atoms with Gasteiger partial charge in [-0.2, -0.15) is 0 Å². The van der Waals surface area contributed by atoms with Crippen molar-refractivity contribution in [1.82, 2.24) is 0 Å². The SMILES string of the molecule is O=C(O)C1CCC(C2OC2O)CC1. The summed E-state index contributed by atoms with van der Waals surface area (Å²) in [6.45, 7) is 0. The van der Waals surface area contributed by atoms with Crippen LogP contribution in [0.15, 0.2) is 0 Å². The maximum Gasteiger partial charge on any atom is 0.306 e. The predicted octanol–water partition coefficient (Wildman–Crippen LogP) is 0.595. The highest BCUT2D eigenvalue weighted by Crippen LogP contribution is 2.38. The Morgan fingerprint density at radius 2 is 1.77 bits per heavy atom. The molecule has 1 aliphatic carbocycles. The number of ether oxygens (including phenoxy) is 1. The second kappa shape index (κ2) is 3.27. The molecule has 1 saturated heterocycles. The first-order valence-electron chi connectivity index (χ1n) is 4.75. The van der Waals surface area contributed by atoms with Crippen molar-refractivity contribution in [2.24, 2.45) is 11.8 Å². The van der Waals surface area contributed by atoms with Crippen LogP contribution in [0.3, 0.4) is 0 Å². The Morgan fingerprint density at radius 1 is 1.23 bits per heavy atom. The zero-order valence-corrected chi connectivity index (χ0v) is 7.35. The van der Waals surface area contributed by atoms with Crippen LogP contribution in [0.25, 0.3) is 0 Å². The minimum absolute atomic E-state index is 0.00487. The summed E-state index contributed by atoms with van der Waals surface area (Å²) in [6.07, 6.45) is 2.62. The number of aliphatic carboxylic acids is 1. The minimum atomic E-state index is -0.685. The third kappa shape index (κ3) is 1.84. The Labute approximate surface area is 76.5 Å². The quantitative estimate of drug-likeness (QED) is 0.619. The van der Waals surface area contributed by atoms with E-state index in [0.717, 1.165) is 25.7 Å². The smallest absolute Gasteiger partial charge is 0.306 e. The van der Waals surface area contributed by atoms with E-state index in [9.17, 15) is 4.79 Å². The van der Waals surface area contributed by atoms with Crippen molar-refractivity contribution in [1.29, 1.82) is 0 Å². The maximum atomic E-state index is 10.6. The van der Waals surface area contributed by atoms with Gasteiger partial charge in [-0.3, -0.25) is 4.79 Å². The van der Waals surface area contributed by atoms with Crippen LogP contribution < -0.4 is 0 Å². The second-order valence-electron chi connectivity index (χ2n) is 3.94. The summed E-state index contributed by atoms with van der Waals surface area (Å²) in [5, 5.41) is 17.8. The molecular weight excluding hydrogens is 172 g/mol. The summed E-state index contributed by atoms with van der Waals surface area (Å²) in [6, 6.07) is 0. The summed E-state index contributed by atoms with van der Waals surface area (Å²) in [5.74, 6) is -0.478. The average Bonchev–Trinajstić information content (AvgIpc) is 2.83. The van der Waals surface area contributed by atoms with Crippen molar-refractivity contribution in [2.75, 3.05) is 0 Å². The molecule has 2 fully saturated rings. The number of hydrogen-bond donors (Lipinski definition) is 2. The predicted molar refractivity (Wildman–Crippen MR) is 44.0 cm³/mol. The third-order valence-corrected chi connectivity index (χ3v) is 3.09. The van der Waals surface area contributed by atoms with Crippen molar-refractivity contribution in [3.8, 4) is 0 Å². The van der Waals surface area contributed by atoms with E-state index in [4.69, 9.17) is 14.9 Å². The summed E-state index contributed by atoms with van der Waals surface area (Å²) in [4.78, 5) is 10.6. The van der Waals surface area contributed by atoms with Crippen molar-refractivity contribution in [3.63, 3.8) is 0 Å². The lowest BCUT2D eigenvalue weighted by Gasteiger charge is -2.24. The standard InChI is InChI=1S/C9H14O4/c10-8(11)6-3-1-5(2-4-6)7-9(12)13-7/h5-7,9,12H,1-4H2,(H,10,11). The van der Waals surface area contributed by atoms with Crippen LogP contribution in [0.1, 0.15) is 25.7 Å². The second-order valence-corrected chi connectivity index (χ2v) is 3.94. The molecule has 2 unspecified atom stereocenters. The summed E-state index contributed by atoms with van der Waals surface area (Å²) in [5.41, 5.74) is 0. The topological polar surface area (TPSA) is 70.1 Å². The first-order chi connectivity index (χ1) is 6.18. The van der Waals surface area contributed by atoms with E-state index in [0.29, 0.717) is 5.92 Å². The number of aliphatic hydroxyl groups is 1. The van der Waals surface area contributed by atoms with Gasteiger partial charge in [-0.1, -0.05) is 0 Å². The van der Waals surface area contributed by atoms with Gasteiger partial charge in [-0.25, -0.2) is 0 Å². The largest absolute Gasteiger partial charge is 0.481 e. The van der Waals surface area contributed by atoms with Gasteiger partial charge < -0.3 is 14.9 Å². The fourth-order valence-electron chi connectivity index (χ4n) is 2.15. The molecule has 0 spiro atoms. The molecule has 0 aromatic carbocycles. The fraction of sp³-hybridized carbons (Fsp3) is 0.889. The number of epoxide rings is 1. The Kier molecular flexibility index (Phi) is 2.26. The van der Waals surface area contributed by atoms with Gasteiger partial charge in [0.25, 0.3) is 0 Å². The van der Waals surface area contributed by atoms with Crippen molar-refractivity contribution < 1.29 is 19.7 Å². The number of rotatable bonds is 2. The zero-order valence-electron chi connectivity index (χ0n) is 7.35. The normalized spacial score (nSPS) is 44.4. The minimum Gasteiger partial charge on any atom is -0.481 e. The van der Waals surface area contributed by atoms with Crippen molar-refractivity contribution >= 4 is 5.97 Å². The van der Waals surface area contributed by atoms with Crippen LogP contribution in [-0.2, 0) is 9.53 Å². The van der Waals surface area contributed by atoms with Gasteiger partial charge in [-0.05, 0) is 31.6 Å². The Morgan fingerprint density at radius 3 is 2.15 bits per heavy atom. The third-order valence-electron chi connectivity index (χ3n) is 3.09. The highest BCUT2D eigenvalue weighted by atomic mass is 16.7. The van der Waals surface area contributed by atoms with E-state index >= 15 is 0 Å². The number of hydrogen-bond acceptors (Lipinski definition) is 3. The van der Waals surface area contributed by atoms with E-state index in [1.54, 1.807) is 0 Å². The summed E-state index contributed by atoms with van der Waals surface area (Å²) in [7, 11) is 0. The van der Waals surface area contributed by atoms with Gasteiger partial charge in [0.1, 0.15) is 6.10 Å². The molecule has 0 amide bonds. The molecule has 2 aliphatic rings. The molecule has 0 bridgehead atoms. The average molecular weight is 186 g/mol. The molecule has 0 radical (unpaired) electrons. The van der Waals surface area contributed by atoms with E-state index in [-0.39, 0.29) is 12.0 Å². The zero-order chi connectivity index (χ0) is 9.42. The van der Waals surface area contributed by atoms with Crippen molar-refractivity contribution in [2.45, 2.75) is 38.1 Å². The molecule has 1 heterocycles. The Balaban J connectivity index is 1.79. The van der Waals surface area contributed by atoms with E-state index in [1.165, 1.54) is 0 Å². The molecule has 1 saturated carbocycles. The van der Waals surface area contributed by atoms with Gasteiger partial charge in [0.05, 0.1) is 5.92 Å². The Bertz CT molecular complexity index is 208. The highest BCUT2D eigenvalue weighted by molar-refractivity contribution is 5.69. The van der Waals surface area contributed by atoms with Gasteiger partial charge >= 0.3 is 5.97 Å². The molecule has 2 N–H and O–H groups in total. The van der Waals surface area contributed by atoms with Crippen LogP contribution in [0.2, 0.25) is 0 Å². The lowest BCUT2D eigenvalue weighted by Crippen LogP contribution is -2.24. The number of carboxylic acid groups (broad SMARTS) is 1. The first-order valence-corrected chi connectivity index (χ1v) is 4.75. The molecule has 4 heteroatoms. The molecule has 2 rings (SSSR count). The highest BCUT2D eigenvalue weighted by Gasteiger charge is 2.45. The Hall–Kier alpha value is -0.610. The van der Waals surface area contributed by atoms with E-state index < -0.39 is 12.3 Å². The maximum absolute atomic E-state index is 10.6. The first kappa shape index (κ1) is 8.97. The van der Waals surface area contributed by atoms with Crippen LogP contribution >= 0.6 is 0 Å². The van der Waals surface area contributed by atoms with Crippen LogP contribution in [-0.4, -0.2) is 28.6 Å². The van der Waals surface area contributed by atoms with E-state index in [2.05, 4.69) is 0 Å². The molecule has 0 aromatic rings. The summed E-state index contributed by atoms with van der Waals surface area (Å²) < 4.78 is 4.96. The van der Waals surface area contributed by atoms with Crippen molar-refractivity contribution in [3.05, 3.63) is 0 Å². The number of aliphatic hydroxyl groups excluding tert-OH is 1. The van der Waals surface area contributed by atoms with Crippen LogP contribution in [0.4, 0.5) is 0 Å². The van der Waals surface area contributed by atoms with Gasteiger partial charge in [0.2, 0.25) is 0 Å². The fourth-order valence-corrected chi connectivity index (χ4v) is 2.15. The lowest BCUT2D eigenvalue weighted by molar-refractivity contribution is -0.143. The molecule has 13 heavy (non-hydrogen) atoms. The number of carbonyl (C=O) groups is 1. The molecule has 0 aromatic heterocycles. The molecule has 4 nitrogen and oxygen atoms in total. The summed E-state index contributed by atoms with van der Waals surface area (Å²) >= 11 is 0. The molecule has 74 valence electrons.